The van der Waals surface area contributed by atoms with Crippen molar-refractivity contribution in [2.45, 2.75) is 20.8 Å². The van der Waals surface area contributed by atoms with Gasteiger partial charge in [-0.3, -0.25) is 4.89 Å². The van der Waals surface area contributed by atoms with Gasteiger partial charge in [0.05, 0.1) is 12.2 Å². The van der Waals surface area contributed by atoms with Crippen LogP contribution in [0.25, 0.3) is 11.1 Å². The van der Waals surface area contributed by atoms with Gasteiger partial charge in [-0.1, -0.05) is 69.3 Å². The fourth-order valence-corrected chi connectivity index (χ4v) is 1.84. The minimum atomic E-state index is -0.473. The molecule has 0 heterocycles. The van der Waals surface area contributed by atoms with Crippen LogP contribution >= 0.6 is 0 Å². The van der Waals surface area contributed by atoms with Crippen molar-refractivity contribution in [2.24, 2.45) is 5.41 Å². The van der Waals surface area contributed by atoms with Crippen LogP contribution in [0, 0.1) is 5.41 Å². The molecule has 0 bridgehead atoms. The molecule has 2 aromatic rings. The first-order valence-electron chi connectivity index (χ1n) is 6.96. The Balaban J connectivity index is 2.15. The first-order chi connectivity index (χ1) is 9.97. The zero-order valence-corrected chi connectivity index (χ0v) is 12.6. The fourth-order valence-electron chi connectivity index (χ4n) is 1.84. The van der Waals surface area contributed by atoms with E-state index in [-0.39, 0.29) is 5.41 Å². The summed E-state index contributed by atoms with van der Waals surface area (Å²) in [5.74, 6) is -0.473. The van der Waals surface area contributed by atoms with E-state index < -0.39 is 5.97 Å². The van der Waals surface area contributed by atoms with Crippen LogP contribution in [-0.4, -0.2) is 12.6 Å². The van der Waals surface area contributed by atoms with Crippen molar-refractivity contribution in [1.82, 2.24) is 0 Å². The summed E-state index contributed by atoms with van der Waals surface area (Å²) < 4.78 is 0. The van der Waals surface area contributed by atoms with Gasteiger partial charge in [0.25, 0.3) is 0 Å². The zero-order chi connectivity index (χ0) is 15.3. The van der Waals surface area contributed by atoms with E-state index in [1.165, 1.54) is 0 Å². The Morgan fingerprint density at radius 2 is 1.57 bits per heavy atom. The second kappa shape index (κ2) is 6.55. The number of hydrogen-bond acceptors (Lipinski definition) is 3. The highest BCUT2D eigenvalue weighted by Crippen LogP contribution is 2.24. The van der Waals surface area contributed by atoms with Gasteiger partial charge in [0.1, 0.15) is 0 Å². The van der Waals surface area contributed by atoms with Crippen LogP contribution in [0.5, 0.6) is 0 Å². The third-order valence-electron chi connectivity index (χ3n) is 2.86. The van der Waals surface area contributed by atoms with Crippen LogP contribution < -0.4 is 0 Å². The third-order valence-corrected chi connectivity index (χ3v) is 2.86. The minimum Gasteiger partial charge on any atom is -0.293 e. The SMILES string of the molecule is CC(C)(C)COOC(=O)c1ccccc1-c1ccccc1. The summed E-state index contributed by atoms with van der Waals surface area (Å²) in [4.78, 5) is 22.2. The van der Waals surface area contributed by atoms with E-state index in [0.29, 0.717) is 12.2 Å². The van der Waals surface area contributed by atoms with Gasteiger partial charge in [0, 0.05) is 0 Å². The largest absolute Gasteiger partial charge is 0.373 e. The molecule has 0 N–H and O–H groups in total. The number of hydrogen-bond donors (Lipinski definition) is 0. The van der Waals surface area contributed by atoms with E-state index in [1.807, 2.05) is 69.3 Å². The van der Waals surface area contributed by atoms with E-state index in [2.05, 4.69) is 0 Å². The number of rotatable bonds is 4. The maximum absolute atomic E-state index is 12.2. The van der Waals surface area contributed by atoms with Crippen LogP contribution in [0.2, 0.25) is 0 Å². The van der Waals surface area contributed by atoms with E-state index in [0.717, 1.165) is 11.1 Å². The molecule has 0 amide bonds. The molecular formula is C18H20O3. The van der Waals surface area contributed by atoms with E-state index in [9.17, 15) is 4.79 Å². The van der Waals surface area contributed by atoms with Crippen molar-refractivity contribution in [1.29, 1.82) is 0 Å². The minimum absolute atomic E-state index is 0.0563. The summed E-state index contributed by atoms with van der Waals surface area (Å²) in [6, 6.07) is 17.1. The highest BCUT2D eigenvalue weighted by Gasteiger charge is 2.17. The van der Waals surface area contributed by atoms with Crippen LogP contribution in [-0.2, 0) is 9.78 Å². The van der Waals surface area contributed by atoms with E-state index >= 15 is 0 Å². The van der Waals surface area contributed by atoms with Gasteiger partial charge in [-0.2, -0.15) is 4.89 Å². The lowest BCUT2D eigenvalue weighted by molar-refractivity contribution is -0.255. The first-order valence-corrected chi connectivity index (χ1v) is 6.96. The van der Waals surface area contributed by atoms with Crippen LogP contribution in [0.1, 0.15) is 31.1 Å². The monoisotopic (exact) mass is 284 g/mol. The van der Waals surface area contributed by atoms with Crippen LogP contribution in [0.3, 0.4) is 0 Å². The van der Waals surface area contributed by atoms with Gasteiger partial charge >= 0.3 is 5.97 Å². The van der Waals surface area contributed by atoms with Crippen molar-refractivity contribution in [3.8, 4) is 11.1 Å². The van der Waals surface area contributed by atoms with Gasteiger partial charge in [0.15, 0.2) is 0 Å². The Kier molecular flexibility index (Phi) is 4.76. The Labute approximate surface area is 125 Å². The molecule has 0 saturated heterocycles. The second-order valence-electron chi connectivity index (χ2n) is 6.11. The van der Waals surface area contributed by atoms with Gasteiger partial charge in [0.2, 0.25) is 0 Å². The van der Waals surface area contributed by atoms with Crippen molar-refractivity contribution in [2.75, 3.05) is 6.61 Å². The maximum atomic E-state index is 12.2. The highest BCUT2D eigenvalue weighted by atomic mass is 17.2. The molecule has 0 spiro atoms. The Bertz CT molecular complexity index is 597. The Morgan fingerprint density at radius 3 is 2.24 bits per heavy atom. The molecule has 0 aliphatic rings. The summed E-state index contributed by atoms with van der Waals surface area (Å²) in [7, 11) is 0. The van der Waals surface area contributed by atoms with Gasteiger partial charge in [-0.25, -0.2) is 4.79 Å². The normalized spacial score (nSPS) is 11.2. The molecule has 2 aromatic carbocycles. The highest BCUT2D eigenvalue weighted by molar-refractivity contribution is 5.96. The lowest BCUT2D eigenvalue weighted by atomic mass is 9.99. The Hall–Kier alpha value is -2.13. The number of carbonyl (C=O) groups is 1. The predicted octanol–water partition coefficient (Wildman–Crippen LogP) is 4.49. The summed E-state index contributed by atoms with van der Waals surface area (Å²) in [5.41, 5.74) is 2.25. The smallest absolute Gasteiger partial charge is 0.293 e. The predicted molar refractivity (Wildman–Crippen MR) is 82.7 cm³/mol. The number of benzene rings is 2. The summed E-state index contributed by atoms with van der Waals surface area (Å²) in [6.45, 7) is 6.39. The molecule has 0 atom stereocenters. The molecule has 3 nitrogen and oxygen atoms in total. The van der Waals surface area contributed by atoms with Gasteiger partial charge < -0.3 is 0 Å². The average Bonchev–Trinajstić information content (AvgIpc) is 2.47. The molecule has 0 aliphatic heterocycles. The second-order valence-corrected chi connectivity index (χ2v) is 6.11. The topological polar surface area (TPSA) is 35.5 Å². The summed E-state index contributed by atoms with van der Waals surface area (Å²) >= 11 is 0. The summed E-state index contributed by atoms with van der Waals surface area (Å²) in [5, 5.41) is 0. The van der Waals surface area contributed by atoms with Gasteiger partial charge in [-0.05, 0) is 22.6 Å². The Morgan fingerprint density at radius 1 is 0.952 bits per heavy atom. The molecule has 2 rings (SSSR count). The first kappa shape index (κ1) is 15.3. The molecular weight excluding hydrogens is 264 g/mol. The van der Waals surface area contributed by atoms with E-state index in [1.54, 1.807) is 6.07 Å². The molecule has 0 radical (unpaired) electrons. The average molecular weight is 284 g/mol. The van der Waals surface area contributed by atoms with Crippen LogP contribution in [0.15, 0.2) is 54.6 Å². The fraction of sp³-hybridized carbons (Fsp3) is 0.278. The molecule has 0 aromatic heterocycles. The maximum Gasteiger partial charge on any atom is 0.373 e. The molecule has 3 heteroatoms. The number of carbonyl (C=O) groups excluding carboxylic acids is 1. The molecule has 0 fully saturated rings. The van der Waals surface area contributed by atoms with E-state index in [4.69, 9.17) is 9.78 Å². The van der Waals surface area contributed by atoms with Gasteiger partial charge in [-0.15, -0.1) is 0 Å². The molecule has 110 valence electrons. The molecule has 0 aliphatic carbocycles. The standard InChI is InChI=1S/C18H20O3/c1-18(2,3)13-20-21-17(19)16-12-8-7-11-15(16)14-9-5-4-6-10-14/h4-12H,13H2,1-3H3. The van der Waals surface area contributed by atoms with Crippen molar-refractivity contribution < 1.29 is 14.6 Å². The van der Waals surface area contributed by atoms with Crippen LogP contribution in [0.4, 0.5) is 0 Å². The lowest BCUT2D eigenvalue weighted by Crippen LogP contribution is -2.17. The summed E-state index contributed by atoms with van der Waals surface area (Å²) in [6.07, 6.45) is 0. The lowest BCUT2D eigenvalue weighted by Gasteiger charge is -2.16. The zero-order valence-electron chi connectivity index (χ0n) is 12.6. The van der Waals surface area contributed by atoms with Crippen molar-refractivity contribution >= 4 is 5.97 Å². The van der Waals surface area contributed by atoms with Crippen molar-refractivity contribution in [3.63, 3.8) is 0 Å². The molecule has 0 saturated carbocycles. The third kappa shape index (κ3) is 4.43. The molecule has 0 unspecified atom stereocenters. The quantitative estimate of drug-likeness (QED) is 0.613. The van der Waals surface area contributed by atoms with Crippen molar-refractivity contribution in [3.05, 3.63) is 60.2 Å². The molecule has 21 heavy (non-hydrogen) atoms.